The Morgan fingerprint density at radius 1 is 1.29 bits per heavy atom. The Labute approximate surface area is 203 Å². The van der Waals surface area contributed by atoms with E-state index in [1.54, 1.807) is 17.0 Å². The molecular formula is C20H22F3N7O4S. The van der Waals surface area contributed by atoms with Crippen LogP contribution in [0.15, 0.2) is 35.1 Å². The number of cyclic esters (lactones) is 1. The molecule has 2 fully saturated rings. The molecule has 4 rings (SSSR count). The predicted molar refractivity (Wildman–Crippen MR) is 123 cm³/mol. The van der Waals surface area contributed by atoms with Gasteiger partial charge in [-0.15, -0.1) is 0 Å². The summed E-state index contributed by atoms with van der Waals surface area (Å²) in [5, 5.41) is 9.94. The van der Waals surface area contributed by atoms with Gasteiger partial charge in [0.05, 0.1) is 31.0 Å². The Hall–Kier alpha value is -3.59. The number of rotatable bonds is 6. The lowest BCUT2D eigenvalue weighted by Crippen LogP contribution is -2.46. The van der Waals surface area contributed by atoms with Gasteiger partial charge in [-0.05, 0) is 18.2 Å². The van der Waals surface area contributed by atoms with Gasteiger partial charge in [-0.2, -0.15) is 0 Å². The van der Waals surface area contributed by atoms with E-state index in [2.05, 4.69) is 38.0 Å². The van der Waals surface area contributed by atoms with Crippen LogP contribution < -0.4 is 25.9 Å². The summed E-state index contributed by atoms with van der Waals surface area (Å²) in [6.07, 6.45) is -2.89. The van der Waals surface area contributed by atoms with Crippen molar-refractivity contribution in [1.82, 2.24) is 20.9 Å². The highest BCUT2D eigenvalue weighted by molar-refractivity contribution is 7.80. The molecule has 1 aromatic heterocycles. The maximum absolute atomic E-state index is 15.0. The number of aromatic nitrogens is 1. The quantitative estimate of drug-likeness (QED) is 0.500. The SMILES string of the molecule is O=C(Nc1ccon1)N1CCN(c2ccc(N3C[C@H](CNC(=S)C(F)F)OC3=O)cc2F)CCN1. The van der Waals surface area contributed by atoms with Crippen molar-refractivity contribution in [1.29, 1.82) is 0 Å². The molecule has 1 aromatic carbocycles. The number of urea groups is 1. The molecule has 15 heteroatoms. The van der Waals surface area contributed by atoms with Crippen molar-refractivity contribution >= 4 is 46.5 Å². The van der Waals surface area contributed by atoms with Gasteiger partial charge >= 0.3 is 12.1 Å². The largest absolute Gasteiger partial charge is 0.442 e. The molecule has 188 valence electrons. The summed E-state index contributed by atoms with van der Waals surface area (Å²) in [6, 6.07) is 5.41. The van der Waals surface area contributed by atoms with Crippen LogP contribution in [0, 0.1) is 5.82 Å². The smallest absolute Gasteiger partial charge is 0.414 e. The van der Waals surface area contributed by atoms with Gasteiger partial charge in [0.2, 0.25) is 0 Å². The second-order valence-electron chi connectivity index (χ2n) is 7.66. The van der Waals surface area contributed by atoms with Gasteiger partial charge in [0.1, 0.15) is 23.2 Å². The van der Waals surface area contributed by atoms with Gasteiger partial charge in [-0.3, -0.25) is 15.2 Å². The molecule has 3 amide bonds. The topological polar surface area (TPSA) is 115 Å². The van der Waals surface area contributed by atoms with Crippen LogP contribution in [-0.4, -0.2) is 79.1 Å². The number of halogens is 3. The highest BCUT2D eigenvalue weighted by Crippen LogP contribution is 2.28. The number of alkyl halides is 2. The Morgan fingerprint density at radius 3 is 2.83 bits per heavy atom. The average Bonchev–Trinajstić information content (AvgIpc) is 3.39. The van der Waals surface area contributed by atoms with Crippen molar-refractivity contribution in [3.05, 3.63) is 36.3 Å². The third-order valence-corrected chi connectivity index (χ3v) is 5.68. The zero-order valence-electron chi connectivity index (χ0n) is 18.2. The Balaban J connectivity index is 1.35. The third kappa shape index (κ3) is 5.92. The van der Waals surface area contributed by atoms with E-state index in [-0.39, 0.29) is 31.1 Å². The fourth-order valence-electron chi connectivity index (χ4n) is 3.65. The lowest BCUT2D eigenvalue weighted by molar-refractivity contribution is 0.142. The molecule has 0 bridgehead atoms. The summed E-state index contributed by atoms with van der Waals surface area (Å²) < 4.78 is 49.9. The number of hydrogen-bond donors (Lipinski definition) is 3. The minimum absolute atomic E-state index is 0.0553. The van der Waals surface area contributed by atoms with Gasteiger partial charge in [0.25, 0.3) is 6.43 Å². The van der Waals surface area contributed by atoms with E-state index in [9.17, 15) is 18.4 Å². The number of ether oxygens (including phenoxy) is 1. The van der Waals surface area contributed by atoms with E-state index in [1.807, 2.05) is 0 Å². The van der Waals surface area contributed by atoms with Crippen LogP contribution in [0.4, 0.5) is 40.0 Å². The summed E-state index contributed by atoms with van der Waals surface area (Å²) >= 11 is 4.51. The highest BCUT2D eigenvalue weighted by Gasteiger charge is 2.33. The first-order valence-electron chi connectivity index (χ1n) is 10.6. The minimum atomic E-state index is -2.80. The molecule has 0 aliphatic carbocycles. The lowest BCUT2D eigenvalue weighted by Gasteiger charge is -2.24. The maximum Gasteiger partial charge on any atom is 0.414 e. The van der Waals surface area contributed by atoms with Crippen LogP contribution in [-0.2, 0) is 4.74 Å². The number of hydrazine groups is 1. The normalized spacial score (nSPS) is 18.5. The number of nitrogens with zero attached hydrogens (tertiary/aromatic N) is 4. The van der Waals surface area contributed by atoms with Gasteiger partial charge in [-0.1, -0.05) is 17.4 Å². The summed E-state index contributed by atoms with van der Waals surface area (Å²) in [4.78, 5) is 27.0. The zero-order chi connectivity index (χ0) is 24.9. The number of benzene rings is 1. The molecular weight excluding hydrogens is 491 g/mol. The monoisotopic (exact) mass is 513 g/mol. The van der Waals surface area contributed by atoms with Crippen molar-refractivity contribution < 1.29 is 32.0 Å². The summed E-state index contributed by atoms with van der Waals surface area (Å²) in [5.41, 5.74) is 3.56. The molecule has 2 aromatic rings. The number of anilines is 3. The molecule has 2 aliphatic rings. The molecule has 3 N–H and O–H groups in total. The summed E-state index contributed by atoms with van der Waals surface area (Å²) in [6.45, 7) is 1.39. The molecule has 1 atom stereocenters. The summed E-state index contributed by atoms with van der Waals surface area (Å²) in [5.74, 6) is -0.286. The van der Waals surface area contributed by atoms with Crippen LogP contribution in [0.1, 0.15) is 0 Å². The highest BCUT2D eigenvalue weighted by atomic mass is 32.1. The lowest BCUT2D eigenvalue weighted by atomic mass is 10.2. The van der Waals surface area contributed by atoms with Gasteiger partial charge < -0.3 is 19.5 Å². The van der Waals surface area contributed by atoms with Gasteiger partial charge in [0, 0.05) is 25.7 Å². The first-order valence-corrected chi connectivity index (χ1v) is 11.0. The van der Waals surface area contributed by atoms with Crippen LogP contribution >= 0.6 is 12.2 Å². The van der Waals surface area contributed by atoms with Gasteiger partial charge in [-0.25, -0.2) is 28.2 Å². The molecule has 0 saturated carbocycles. The predicted octanol–water partition coefficient (Wildman–Crippen LogP) is 2.18. The number of carbonyl (C=O) groups excluding carboxylic acids is 2. The number of thiocarbonyl (C=S) groups is 1. The second kappa shape index (κ2) is 10.8. The molecule has 2 saturated heterocycles. The van der Waals surface area contributed by atoms with Crippen LogP contribution in [0.2, 0.25) is 0 Å². The minimum Gasteiger partial charge on any atom is -0.442 e. The Kier molecular flexibility index (Phi) is 7.55. The number of carbonyl (C=O) groups is 2. The number of hydrogen-bond acceptors (Lipinski definition) is 8. The van der Waals surface area contributed by atoms with Gasteiger partial charge in [0.15, 0.2) is 5.82 Å². The third-order valence-electron chi connectivity index (χ3n) is 5.36. The Morgan fingerprint density at radius 2 is 2.11 bits per heavy atom. The zero-order valence-corrected chi connectivity index (χ0v) is 19.1. The van der Waals surface area contributed by atoms with E-state index in [1.165, 1.54) is 28.3 Å². The summed E-state index contributed by atoms with van der Waals surface area (Å²) in [7, 11) is 0. The first-order chi connectivity index (χ1) is 16.8. The van der Waals surface area contributed by atoms with Crippen molar-refractivity contribution in [2.75, 3.05) is 54.4 Å². The number of nitrogens with one attached hydrogen (secondary N) is 3. The van der Waals surface area contributed by atoms with Crippen molar-refractivity contribution in [3.8, 4) is 0 Å². The maximum atomic E-state index is 15.0. The van der Waals surface area contributed by atoms with E-state index < -0.39 is 35.5 Å². The molecule has 35 heavy (non-hydrogen) atoms. The van der Waals surface area contributed by atoms with Crippen LogP contribution in [0.25, 0.3) is 0 Å². The molecule has 3 heterocycles. The first kappa shape index (κ1) is 24.5. The molecule has 0 unspecified atom stereocenters. The van der Waals surface area contributed by atoms with Crippen molar-refractivity contribution in [3.63, 3.8) is 0 Å². The standard InChI is InChI=1S/C20H22F3N7O4S/c21-14-9-12(29-11-13(34-20(29)32)10-24-18(35)17(22)23)1-2-15(14)28-5-4-25-30(7-6-28)19(31)26-16-3-8-33-27-16/h1-3,8-9,13,17,25H,4-7,10-11H2,(H,24,35)(H,26,27,31)/t13-/m0/s1. The van der Waals surface area contributed by atoms with E-state index in [0.717, 1.165) is 0 Å². The number of amides is 3. The van der Waals surface area contributed by atoms with Crippen LogP contribution in [0.5, 0.6) is 0 Å². The van der Waals surface area contributed by atoms with E-state index in [0.29, 0.717) is 25.3 Å². The fourth-order valence-corrected chi connectivity index (χ4v) is 3.73. The molecule has 0 spiro atoms. The molecule has 0 radical (unpaired) electrons. The Bertz CT molecular complexity index is 1070. The van der Waals surface area contributed by atoms with Crippen LogP contribution in [0.3, 0.4) is 0 Å². The molecule has 2 aliphatic heterocycles. The fraction of sp³-hybridized carbons (Fsp3) is 0.400. The van der Waals surface area contributed by atoms with E-state index >= 15 is 4.39 Å². The molecule has 11 nitrogen and oxygen atoms in total. The van der Waals surface area contributed by atoms with Crippen molar-refractivity contribution in [2.24, 2.45) is 0 Å². The van der Waals surface area contributed by atoms with Crippen molar-refractivity contribution in [2.45, 2.75) is 12.5 Å². The average molecular weight is 514 g/mol. The second-order valence-corrected chi connectivity index (χ2v) is 8.10. The van der Waals surface area contributed by atoms with E-state index in [4.69, 9.17) is 4.74 Å².